The SMILES string of the molecule is COc1cc(C=NNc2nc(-c3ccccc3)cc(-c3ccc(Br)cc3)n2)ccc1O. The molecule has 154 valence electrons. The standard InChI is InChI=1S/C24H19BrN4O2/c1-31-23-13-16(7-12-22(23)30)15-26-29-24-27-20(17-5-3-2-4-6-17)14-21(28-24)18-8-10-19(25)11-9-18/h2-15,30H,1H3,(H,27,28,29). The number of methoxy groups -OCH3 is 1. The average molecular weight is 475 g/mol. The van der Waals surface area contributed by atoms with Crippen LogP contribution in [-0.2, 0) is 0 Å². The number of phenolic OH excluding ortho intramolecular Hbond substituents is 1. The molecule has 0 amide bonds. The molecule has 4 aromatic rings. The minimum absolute atomic E-state index is 0.0747. The normalized spacial score (nSPS) is 10.9. The Morgan fingerprint density at radius 2 is 1.58 bits per heavy atom. The highest BCUT2D eigenvalue weighted by molar-refractivity contribution is 9.10. The Hall–Kier alpha value is -3.71. The van der Waals surface area contributed by atoms with E-state index < -0.39 is 0 Å². The zero-order valence-corrected chi connectivity index (χ0v) is 18.2. The number of aromatic hydroxyl groups is 1. The van der Waals surface area contributed by atoms with Crippen molar-refractivity contribution in [3.63, 3.8) is 0 Å². The average Bonchev–Trinajstić information content (AvgIpc) is 2.81. The number of halogens is 1. The summed E-state index contributed by atoms with van der Waals surface area (Å²) < 4.78 is 6.13. The molecule has 0 unspecified atom stereocenters. The van der Waals surface area contributed by atoms with Crippen LogP contribution in [-0.4, -0.2) is 28.4 Å². The minimum Gasteiger partial charge on any atom is -0.504 e. The van der Waals surface area contributed by atoms with Crippen molar-refractivity contribution in [1.29, 1.82) is 0 Å². The molecule has 2 N–H and O–H groups in total. The Morgan fingerprint density at radius 1 is 0.903 bits per heavy atom. The van der Waals surface area contributed by atoms with Gasteiger partial charge in [0.1, 0.15) is 0 Å². The second-order valence-electron chi connectivity index (χ2n) is 6.64. The number of hydrogen-bond acceptors (Lipinski definition) is 6. The van der Waals surface area contributed by atoms with Crippen LogP contribution in [0.1, 0.15) is 5.56 Å². The molecule has 31 heavy (non-hydrogen) atoms. The number of nitrogens with zero attached hydrogens (tertiary/aromatic N) is 3. The molecular formula is C24H19BrN4O2. The number of anilines is 1. The molecule has 3 aromatic carbocycles. The third-order valence-electron chi connectivity index (χ3n) is 4.52. The Balaban J connectivity index is 1.66. The number of hydrogen-bond donors (Lipinski definition) is 2. The van der Waals surface area contributed by atoms with E-state index in [9.17, 15) is 5.11 Å². The molecule has 0 saturated heterocycles. The zero-order valence-electron chi connectivity index (χ0n) is 16.7. The van der Waals surface area contributed by atoms with Gasteiger partial charge in [-0.15, -0.1) is 0 Å². The van der Waals surface area contributed by atoms with Crippen LogP contribution >= 0.6 is 15.9 Å². The molecule has 0 saturated carbocycles. The smallest absolute Gasteiger partial charge is 0.244 e. The monoisotopic (exact) mass is 474 g/mol. The summed E-state index contributed by atoms with van der Waals surface area (Å²) in [5.41, 5.74) is 7.20. The van der Waals surface area contributed by atoms with Crippen molar-refractivity contribution in [1.82, 2.24) is 9.97 Å². The van der Waals surface area contributed by atoms with E-state index >= 15 is 0 Å². The molecule has 0 bridgehead atoms. The maximum Gasteiger partial charge on any atom is 0.244 e. The van der Waals surface area contributed by atoms with Crippen molar-refractivity contribution in [2.45, 2.75) is 0 Å². The molecule has 0 aliphatic heterocycles. The fourth-order valence-electron chi connectivity index (χ4n) is 2.96. The van der Waals surface area contributed by atoms with Crippen molar-refractivity contribution in [3.8, 4) is 34.0 Å². The molecule has 0 aliphatic rings. The fourth-order valence-corrected chi connectivity index (χ4v) is 3.23. The maximum atomic E-state index is 9.72. The molecule has 1 aromatic heterocycles. The van der Waals surface area contributed by atoms with E-state index in [1.807, 2.05) is 60.7 Å². The molecule has 0 radical (unpaired) electrons. The molecule has 0 aliphatic carbocycles. The first-order chi connectivity index (χ1) is 15.1. The van der Waals surface area contributed by atoms with Gasteiger partial charge in [-0.25, -0.2) is 15.4 Å². The molecule has 7 heteroatoms. The number of ether oxygens (including phenoxy) is 1. The van der Waals surface area contributed by atoms with Crippen LogP contribution in [0.4, 0.5) is 5.95 Å². The van der Waals surface area contributed by atoms with Crippen LogP contribution in [0.5, 0.6) is 11.5 Å². The van der Waals surface area contributed by atoms with Crippen molar-refractivity contribution in [2.24, 2.45) is 5.10 Å². The van der Waals surface area contributed by atoms with Gasteiger partial charge < -0.3 is 9.84 Å². The summed E-state index contributed by atoms with van der Waals surface area (Å²) in [7, 11) is 1.50. The lowest BCUT2D eigenvalue weighted by Gasteiger charge is -2.08. The van der Waals surface area contributed by atoms with Gasteiger partial charge in [0.25, 0.3) is 0 Å². The molecule has 0 fully saturated rings. The highest BCUT2D eigenvalue weighted by Gasteiger charge is 2.09. The highest BCUT2D eigenvalue weighted by atomic mass is 79.9. The third-order valence-corrected chi connectivity index (χ3v) is 5.05. The van der Waals surface area contributed by atoms with Gasteiger partial charge in [0, 0.05) is 15.6 Å². The number of aromatic nitrogens is 2. The predicted molar refractivity (Wildman–Crippen MR) is 126 cm³/mol. The van der Waals surface area contributed by atoms with E-state index in [0.717, 1.165) is 32.6 Å². The summed E-state index contributed by atoms with van der Waals surface area (Å²) in [5.74, 6) is 0.829. The van der Waals surface area contributed by atoms with Crippen LogP contribution in [0.3, 0.4) is 0 Å². The first kappa shape index (κ1) is 20.6. The second-order valence-corrected chi connectivity index (χ2v) is 7.55. The van der Waals surface area contributed by atoms with Gasteiger partial charge in [0.15, 0.2) is 11.5 Å². The Bertz CT molecular complexity index is 1210. The van der Waals surface area contributed by atoms with E-state index in [1.165, 1.54) is 7.11 Å². The number of benzene rings is 3. The summed E-state index contributed by atoms with van der Waals surface area (Å²) in [6, 6.07) is 24.8. The fraction of sp³-hybridized carbons (Fsp3) is 0.0417. The summed E-state index contributed by atoms with van der Waals surface area (Å²) >= 11 is 3.47. The van der Waals surface area contributed by atoms with Crippen molar-refractivity contribution < 1.29 is 9.84 Å². The van der Waals surface area contributed by atoms with Gasteiger partial charge in [-0.3, -0.25) is 0 Å². The first-order valence-corrected chi connectivity index (χ1v) is 10.3. The lowest BCUT2D eigenvalue weighted by molar-refractivity contribution is 0.373. The van der Waals surface area contributed by atoms with E-state index in [0.29, 0.717) is 11.7 Å². The van der Waals surface area contributed by atoms with Crippen LogP contribution in [0.2, 0.25) is 0 Å². The number of phenols is 1. The topological polar surface area (TPSA) is 79.6 Å². The van der Waals surface area contributed by atoms with Gasteiger partial charge in [-0.05, 0) is 42.0 Å². The van der Waals surface area contributed by atoms with E-state index in [1.54, 1.807) is 24.4 Å². The van der Waals surface area contributed by atoms with Gasteiger partial charge in [-0.2, -0.15) is 5.10 Å². The van der Waals surface area contributed by atoms with Crippen LogP contribution in [0, 0.1) is 0 Å². The van der Waals surface area contributed by atoms with E-state index in [4.69, 9.17) is 4.74 Å². The third kappa shape index (κ3) is 5.07. The van der Waals surface area contributed by atoms with E-state index in [-0.39, 0.29) is 5.75 Å². The largest absolute Gasteiger partial charge is 0.504 e. The molecule has 4 rings (SSSR count). The summed E-state index contributed by atoms with van der Waals surface area (Å²) in [5, 5.41) is 14.0. The highest BCUT2D eigenvalue weighted by Crippen LogP contribution is 2.27. The maximum absolute atomic E-state index is 9.72. The van der Waals surface area contributed by atoms with Gasteiger partial charge in [0.2, 0.25) is 5.95 Å². The Labute approximate surface area is 188 Å². The molecule has 0 spiro atoms. The van der Waals surface area contributed by atoms with Crippen molar-refractivity contribution in [3.05, 3.63) is 88.9 Å². The van der Waals surface area contributed by atoms with Crippen LogP contribution in [0.15, 0.2) is 88.4 Å². The lowest BCUT2D eigenvalue weighted by atomic mass is 10.1. The van der Waals surface area contributed by atoms with Gasteiger partial charge in [0.05, 0.1) is 24.7 Å². The quantitative estimate of drug-likeness (QED) is 0.275. The summed E-state index contributed by atoms with van der Waals surface area (Å²) in [6.45, 7) is 0. The Morgan fingerprint density at radius 3 is 2.26 bits per heavy atom. The molecule has 0 atom stereocenters. The summed E-state index contributed by atoms with van der Waals surface area (Å²) in [6.07, 6.45) is 1.61. The second kappa shape index (κ2) is 9.40. The van der Waals surface area contributed by atoms with Gasteiger partial charge in [-0.1, -0.05) is 58.4 Å². The lowest BCUT2D eigenvalue weighted by Crippen LogP contribution is -2.00. The Kier molecular flexibility index (Phi) is 6.24. The number of nitrogens with one attached hydrogen (secondary N) is 1. The molecular weight excluding hydrogens is 456 g/mol. The summed E-state index contributed by atoms with van der Waals surface area (Å²) in [4.78, 5) is 9.24. The predicted octanol–water partition coefficient (Wildman–Crippen LogP) is 5.73. The zero-order chi connectivity index (χ0) is 21.6. The number of hydrazone groups is 1. The first-order valence-electron chi connectivity index (χ1n) is 9.49. The van der Waals surface area contributed by atoms with Crippen LogP contribution in [0.25, 0.3) is 22.5 Å². The number of rotatable bonds is 6. The van der Waals surface area contributed by atoms with Crippen LogP contribution < -0.4 is 10.2 Å². The van der Waals surface area contributed by atoms with Crippen molar-refractivity contribution in [2.75, 3.05) is 12.5 Å². The van der Waals surface area contributed by atoms with E-state index in [2.05, 4.69) is 36.4 Å². The minimum atomic E-state index is 0.0747. The molecule has 6 nitrogen and oxygen atoms in total. The molecule has 1 heterocycles. The van der Waals surface area contributed by atoms with Crippen molar-refractivity contribution >= 4 is 28.1 Å². The van der Waals surface area contributed by atoms with Gasteiger partial charge >= 0.3 is 0 Å².